The number of H-pyrrole nitrogens is 1. The molecule has 0 unspecified atom stereocenters. The Kier molecular flexibility index (Phi) is 3.91. The van der Waals surface area contributed by atoms with Crippen molar-refractivity contribution in [2.24, 2.45) is 0 Å². The second kappa shape index (κ2) is 6.63. The molecule has 2 bridgehead atoms. The van der Waals surface area contributed by atoms with Crippen LogP contribution >= 0.6 is 0 Å². The number of hydrogen-bond acceptors (Lipinski definition) is 4. The van der Waals surface area contributed by atoms with E-state index in [0.717, 1.165) is 11.3 Å². The van der Waals surface area contributed by atoms with Gasteiger partial charge in [0.1, 0.15) is 12.4 Å². The van der Waals surface area contributed by atoms with Gasteiger partial charge in [0.2, 0.25) is 0 Å². The molecule has 0 amide bonds. The zero-order valence-corrected chi connectivity index (χ0v) is 16.7. The normalized spacial score (nSPS) is 24.5. The molecule has 4 heterocycles. The Bertz CT molecular complexity index is 1030. The fourth-order valence-corrected chi connectivity index (χ4v) is 5.35. The van der Waals surface area contributed by atoms with E-state index in [1.807, 2.05) is 12.4 Å². The molecule has 0 spiro atoms. The van der Waals surface area contributed by atoms with Crippen molar-refractivity contribution in [1.82, 2.24) is 15.5 Å². The SMILES string of the molecule is CN(c1ccc2c(c1)OCc1cc(-c3cn[nH]c3)ccc1-2)[C@@H]1C[C@H]2CC[C@@H](C1)N2. The first kappa shape index (κ1) is 17.1. The van der Waals surface area contributed by atoms with Crippen LogP contribution in [-0.4, -0.2) is 35.4 Å². The Labute approximate surface area is 171 Å². The summed E-state index contributed by atoms with van der Waals surface area (Å²) in [4.78, 5) is 2.47. The van der Waals surface area contributed by atoms with Crippen molar-refractivity contribution < 1.29 is 4.74 Å². The number of anilines is 1. The van der Waals surface area contributed by atoms with Crippen molar-refractivity contribution in [3.8, 4) is 28.0 Å². The quantitative estimate of drug-likeness (QED) is 0.702. The molecule has 2 saturated heterocycles. The summed E-state index contributed by atoms with van der Waals surface area (Å²) in [6.07, 6.45) is 8.93. The van der Waals surface area contributed by atoms with Gasteiger partial charge in [0.05, 0.1) is 6.20 Å². The molecule has 6 rings (SSSR count). The van der Waals surface area contributed by atoms with E-state index in [1.165, 1.54) is 53.6 Å². The summed E-state index contributed by atoms with van der Waals surface area (Å²) in [5.74, 6) is 0.995. The average Bonchev–Trinajstić information content (AvgIpc) is 3.42. The predicted octanol–water partition coefficient (Wildman–Crippen LogP) is 4.36. The Morgan fingerprint density at radius 2 is 1.83 bits per heavy atom. The highest BCUT2D eigenvalue weighted by atomic mass is 16.5. The van der Waals surface area contributed by atoms with Gasteiger partial charge >= 0.3 is 0 Å². The number of rotatable bonds is 3. The highest BCUT2D eigenvalue weighted by molar-refractivity contribution is 5.80. The van der Waals surface area contributed by atoms with Crippen molar-refractivity contribution in [3.63, 3.8) is 0 Å². The Morgan fingerprint density at radius 1 is 1.00 bits per heavy atom. The van der Waals surface area contributed by atoms with Crippen LogP contribution in [0.25, 0.3) is 22.3 Å². The molecule has 1 aromatic heterocycles. The van der Waals surface area contributed by atoms with Crippen molar-refractivity contribution in [2.45, 2.75) is 50.4 Å². The van der Waals surface area contributed by atoms with Crippen LogP contribution in [0.3, 0.4) is 0 Å². The van der Waals surface area contributed by atoms with Gasteiger partial charge in [0, 0.05) is 54.3 Å². The number of hydrogen-bond donors (Lipinski definition) is 2. The van der Waals surface area contributed by atoms with Crippen LogP contribution in [0.2, 0.25) is 0 Å². The van der Waals surface area contributed by atoms with Crippen LogP contribution < -0.4 is 15.0 Å². The third kappa shape index (κ3) is 2.92. The standard InChI is InChI=1S/C24H26N4O/c1-28(21-9-18-3-4-19(10-21)27-18)20-5-7-23-22-6-2-15(17-12-25-26-13-17)8-16(22)14-29-24(23)11-20/h2,5-8,11-13,18-19,21,27H,3-4,9-10,14H2,1H3,(H,25,26)/t18-,19+,21-. The van der Waals surface area contributed by atoms with Gasteiger partial charge in [-0.15, -0.1) is 0 Å². The molecule has 5 nitrogen and oxygen atoms in total. The van der Waals surface area contributed by atoms with Gasteiger partial charge in [-0.3, -0.25) is 5.10 Å². The Morgan fingerprint density at radius 3 is 2.62 bits per heavy atom. The third-order valence-electron chi connectivity index (χ3n) is 6.98. The fourth-order valence-electron chi connectivity index (χ4n) is 5.35. The molecule has 3 aliphatic heterocycles. The largest absolute Gasteiger partial charge is 0.488 e. The van der Waals surface area contributed by atoms with Gasteiger partial charge in [-0.2, -0.15) is 5.10 Å². The predicted molar refractivity (Wildman–Crippen MR) is 115 cm³/mol. The van der Waals surface area contributed by atoms with E-state index in [2.05, 4.69) is 63.9 Å². The molecule has 0 aliphatic carbocycles. The van der Waals surface area contributed by atoms with E-state index in [0.29, 0.717) is 24.7 Å². The maximum Gasteiger partial charge on any atom is 0.129 e. The van der Waals surface area contributed by atoms with Crippen LogP contribution in [-0.2, 0) is 6.61 Å². The minimum Gasteiger partial charge on any atom is -0.488 e. The van der Waals surface area contributed by atoms with Crippen LogP contribution in [0.1, 0.15) is 31.2 Å². The van der Waals surface area contributed by atoms with E-state index in [1.54, 1.807) is 0 Å². The molecule has 0 radical (unpaired) electrons. The molecular formula is C24H26N4O. The molecule has 29 heavy (non-hydrogen) atoms. The van der Waals surface area contributed by atoms with E-state index < -0.39 is 0 Å². The van der Waals surface area contributed by atoms with Gasteiger partial charge in [-0.05, 0) is 60.6 Å². The van der Waals surface area contributed by atoms with Crippen molar-refractivity contribution in [2.75, 3.05) is 11.9 Å². The lowest BCUT2D eigenvalue weighted by molar-refractivity contribution is 0.302. The Hall–Kier alpha value is -2.79. The van der Waals surface area contributed by atoms with Crippen molar-refractivity contribution in [3.05, 3.63) is 54.4 Å². The second-order valence-electron chi connectivity index (χ2n) is 8.70. The highest BCUT2D eigenvalue weighted by Crippen LogP contribution is 2.42. The number of nitrogens with zero attached hydrogens (tertiary/aromatic N) is 2. The van der Waals surface area contributed by atoms with Crippen molar-refractivity contribution >= 4 is 5.69 Å². The molecule has 3 atom stereocenters. The van der Waals surface area contributed by atoms with E-state index in [4.69, 9.17) is 4.74 Å². The van der Waals surface area contributed by atoms with Gasteiger partial charge in [0.15, 0.2) is 0 Å². The number of nitrogens with one attached hydrogen (secondary N) is 2. The second-order valence-corrected chi connectivity index (χ2v) is 8.70. The summed E-state index contributed by atoms with van der Waals surface area (Å²) in [5, 5.41) is 10.7. The van der Waals surface area contributed by atoms with Crippen LogP contribution in [0.4, 0.5) is 5.69 Å². The molecule has 148 valence electrons. The molecule has 3 aromatic rings. The Balaban J connectivity index is 1.29. The molecule has 0 saturated carbocycles. The number of aromatic nitrogens is 2. The third-order valence-corrected chi connectivity index (χ3v) is 6.98. The average molecular weight is 386 g/mol. The summed E-state index contributed by atoms with van der Waals surface area (Å²) < 4.78 is 6.19. The number of piperidine rings is 1. The lowest BCUT2D eigenvalue weighted by Gasteiger charge is -2.37. The molecule has 5 heteroatoms. The molecule has 3 aliphatic rings. The minimum atomic E-state index is 0.610. The summed E-state index contributed by atoms with van der Waals surface area (Å²) in [6, 6.07) is 15.3. The topological polar surface area (TPSA) is 53.2 Å². The summed E-state index contributed by atoms with van der Waals surface area (Å²) in [6.45, 7) is 0.610. The monoisotopic (exact) mass is 386 g/mol. The van der Waals surface area contributed by atoms with Crippen LogP contribution in [0, 0.1) is 0 Å². The molecule has 2 N–H and O–H groups in total. The molecular weight excluding hydrogens is 360 g/mol. The van der Waals surface area contributed by atoms with E-state index in [9.17, 15) is 0 Å². The van der Waals surface area contributed by atoms with Crippen LogP contribution in [0.15, 0.2) is 48.8 Å². The zero-order valence-electron chi connectivity index (χ0n) is 16.7. The number of fused-ring (bicyclic) bond motifs is 5. The van der Waals surface area contributed by atoms with Gasteiger partial charge in [0.25, 0.3) is 0 Å². The van der Waals surface area contributed by atoms with E-state index >= 15 is 0 Å². The summed E-state index contributed by atoms with van der Waals surface area (Å²) >= 11 is 0. The number of benzene rings is 2. The maximum absolute atomic E-state index is 6.19. The van der Waals surface area contributed by atoms with Crippen molar-refractivity contribution in [1.29, 1.82) is 0 Å². The fraction of sp³-hybridized carbons (Fsp3) is 0.375. The lowest BCUT2D eigenvalue weighted by Crippen LogP contribution is -2.47. The van der Waals surface area contributed by atoms with E-state index in [-0.39, 0.29) is 0 Å². The summed E-state index contributed by atoms with van der Waals surface area (Å²) in [5.41, 5.74) is 7.22. The molecule has 2 fully saturated rings. The zero-order chi connectivity index (χ0) is 19.4. The lowest BCUT2D eigenvalue weighted by atomic mass is 9.93. The summed E-state index contributed by atoms with van der Waals surface area (Å²) in [7, 11) is 2.24. The van der Waals surface area contributed by atoms with Gasteiger partial charge < -0.3 is 15.0 Å². The van der Waals surface area contributed by atoms with Gasteiger partial charge in [-0.25, -0.2) is 0 Å². The highest BCUT2D eigenvalue weighted by Gasteiger charge is 2.35. The first-order valence-corrected chi connectivity index (χ1v) is 10.6. The minimum absolute atomic E-state index is 0.610. The van der Waals surface area contributed by atoms with Gasteiger partial charge in [-0.1, -0.05) is 12.1 Å². The number of aromatic amines is 1. The first-order chi connectivity index (χ1) is 14.2. The molecule has 2 aromatic carbocycles. The van der Waals surface area contributed by atoms with Crippen LogP contribution in [0.5, 0.6) is 5.75 Å². The maximum atomic E-state index is 6.19. The first-order valence-electron chi connectivity index (χ1n) is 10.6. The number of ether oxygens (including phenoxy) is 1. The smallest absolute Gasteiger partial charge is 0.129 e.